The van der Waals surface area contributed by atoms with Gasteiger partial charge in [0.1, 0.15) is 0 Å². The van der Waals surface area contributed by atoms with Crippen LogP contribution in [-0.2, 0) is 18.1 Å². The first-order chi connectivity index (χ1) is 12.8. The van der Waals surface area contributed by atoms with Gasteiger partial charge in [-0.25, -0.2) is 0 Å². The summed E-state index contributed by atoms with van der Waals surface area (Å²) in [5, 5.41) is 3.11. The minimum absolute atomic E-state index is 0.0136. The maximum absolute atomic E-state index is 12.1. The molecule has 0 heterocycles. The number of hydrogen-bond donors (Lipinski definition) is 1. The highest BCUT2D eigenvalue weighted by Gasteiger charge is 2.41. The van der Waals surface area contributed by atoms with Crippen LogP contribution in [0.5, 0.6) is 0 Å². The van der Waals surface area contributed by atoms with Gasteiger partial charge in [-0.05, 0) is 39.0 Å². The van der Waals surface area contributed by atoms with Gasteiger partial charge in [-0.15, -0.1) is 0 Å². The summed E-state index contributed by atoms with van der Waals surface area (Å²) in [6.07, 6.45) is 8.77. The molecule has 0 rings (SSSR count). The van der Waals surface area contributed by atoms with Gasteiger partial charge in [-0.3, -0.25) is 4.79 Å². The summed E-state index contributed by atoms with van der Waals surface area (Å²) in [5.74, 6) is 0.168. The highest BCUT2D eigenvalue weighted by atomic mass is 28.4. The van der Waals surface area contributed by atoms with Gasteiger partial charge in [-0.1, -0.05) is 52.9 Å². The molecule has 0 aromatic rings. The molecule has 0 fully saturated rings. The Hall–Kier alpha value is -0.433. The van der Waals surface area contributed by atoms with Gasteiger partial charge in [0.25, 0.3) is 0 Å². The number of carbonyl (C=O) groups is 1. The number of hydrogen-bond acceptors (Lipinski definition) is 4. The van der Waals surface area contributed by atoms with Gasteiger partial charge >= 0.3 is 8.80 Å². The molecule has 0 aromatic carbocycles. The van der Waals surface area contributed by atoms with Crippen molar-refractivity contribution in [1.29, 1.82) is 0 Å². The molecule has 1 N–H and O–H groups in total. The Morgan fingerprint density at radius 2 is 1.37 bits per heavy atom. The van der Waals surface area contributed by atoms with Gasteiger partial charge < -0.3 is 18.6 Å². The topological polar surface area (TPSA) is 56.8 Å². The van der Waals surface area contributed by atoms with Crippen molar-refractivity contribution in [2.24, 2.45) is 5.41 Å². The first-order valence-corrected chi connectivity index (χ1v) is 13.0. The second-order valence-corrected chi connectivity index (χ2v) is 10.7. The lowest BCUT2D eigenvalue weighted by Gasteiger charge is -2.32. The molecule has 162 valence electrons. The third-order valence-corrected chi connectivity index (χ3v) is 7.77. The van der Waals surface area contributed by atoms with E-state index in [1.165, 1.54) is 25.7 Å². The van der Waals surface area contributed by atoms with Crippen molar-refractivity contribution < 1.29 is 18.1 Å². The lowest BCUT2D eigenvalue weighted by atomic mass is 9.90. The number of nitrogens with one attached hydrogen (secondary N) is 1. The Morgan fingerprint density at radius 3 is 1.89 bits per heavy atom. The summed E-state index contributed by atoms with van der Waals surface area (Å²) in [4.78, 5) is 12.1. The predicted octanol–water partition coefficient (Wildman–Crippen LogP) is 5.32. The lowest BCUT2D eigenvalue weighted by Crippen LogP contribution is -2.47. The zero-order chi connectivity index (χ0) is 20.6. The van der Waals surface area contributed by atoms with Gasteiger partial charge in [0, 0.05) is 38.8 Å². The summed E-state index contributed by atoms with van der Waals surface area (Å²) in [7, 11) is -2.61. The van der Waals surface area contributed by atoms with Crippen LogP contribution in [0.15, 0.2) is 0 Å². The molecular formula is C21H45NO4Si. The van der Waals surface area contributed by atoms with E-state index >= 15 is 0 Å². The van der Waals surface area contributed by atoms with Gasteiger partial charge in [0.15, 0.2) is 0 Å². The molecule has 0 aliphatic heterocycles. The highest BCUT2D eigenvalue weighted by Crippen LogP contribution is 2.28. The largest absolute Gasteiger partial charge is 0.500 e. The third-order valence-electron chi connectivity index (χ3n) is 4.72. The van der Waals surface area contributed by atoms with Gasteiger partial charge in [-0.2, -0.15) is 0 Å². The number of amides is 1. The van der Waals surface area contributed by atoms with Crippen LogP contribution in [0.2, 0.25) is 6.04 Å². The van der Waals surface area contributed by atoms with Crippen molar-refractivity contribution in [3.63, 3.8) is 0 Å². The van der Waals surface area contributed by atoms with Gasteiger partial charge in [0.05, 0.1) is 0 Å². The molecule has 0 aromatic heterocycles. The molecule has 0 bridgehead atoms. The zero-order valence-corrected chi connectivity index (χ0v) is 19.8. The molecule has 27 heavy (non-hydrogen) atoms. The molecule has 0 unspecified atom stereocenters. The Kier molecular flexibility index (Phi) is 15.2. The van der Waals surface area contributed by atoms with E-state index in [1.807, 2.05) is 20.8 Å². The van der Waals surface area contributed by atoms with Crippen LogP contribution in [0.1, 0.15) is 92.9 Å². The van der Waals surface area contributed by atoms with Crippen LogP contribution in [0, 0.1) is 5.41 Å². The van der Waals surface area contributed by atoms with E-state index in [1.54, 1.807) is 0 Å². The normalized spacial score (nSPS) is 12.4. The van der Waals surface area contributed by atoms with E-state index in [0.29, 0.717) is 32.8 Å². The van der Waals surface area contributed by atoms with Crippen LogP contribution in [-0.4, -0.2) is 41.1 Å². The molecule has 0 saturated carbocycles. The molecule has 0 aliphatic carbocycles. The fourth-order valence-corrected chi connectivity index (χ4v) is 6.06. The van der Waals surface area contributed by atoms with Crippen LogP contribution in [0.25, 0.3) is 0 Å². The van der Waals surface area contributed by atoms with Crippen molar-refractivity contribution in [2.75, 3.05) is 26.4 Å². The molecular weight excluding hydrogens is 358 g/mol. The fourth-order valence-electron chi connectivity index (χ4n) is 3.07. The predicted molar refractivity (Wildman–Crippen MR) is 115 cm³/mol. The Bertz CT molecular complexity index is 360. The van der Waals surface area contributed by atoms with Crippen LogP contribution < -0.4 is 5.32 Å². The van der Waals surface area contributed by atoms with E-state index in [9.17, 15) is 4.79 Å². The van der Waals surface area contributed by atoms with Crippen LogP contribution in [0.4, 0.5) is 0 Å². The summed E-state index contributed by atoms with van der Waals surface area (Å²) >= 11 is 0. The van der Waals surface area contributed by atoms with Crippen LogP contribution >= 0.6 is 0 Å². The summed E-state index contributed by atoms with van der Waals surface area (Å²) < 4.78 is 17.8. The van der Waals surface area contributed by atoms with Gasteiger partial charge in [0.2, 0.25) is 5.91 Å². The summed E-state index contributed by atoms with van der Waals surface area (Å²) in [6.45, 7) is 15.0. The maximum atomic E-state index is 12.1. The van der Waals surface area contributed by atoms with Crippen molar-refractivity contribution in [3.8, 4) is 0 Å². The second kappa shape index (κ2) is 15.5. The standard InChI is InChI=1S/C21H45NO4Si/c1-7-11-12-13-14-15-16-20(23)22-19-21(5,6)17-18-27(24-8-2,25-9-3)26-10-4/h7-19H2,1-6H3,(H,22,23). The van der Waals surface area contributed by atoms with E-state index in [4.69, 9.17) is 13.3 Å². The minimum atomic E-state index is -2.61. The molecule has 0 aliphatic rings. The Morgan fingerprint density at radius 1 is 0.852 bits per heavy atom. The highest BCUT2D eigenvalue weighted by molar-refractivity contribution is 6.60. The maximum Gasteiger partial charge on any atom is 0.500 e. The molecule has 1 amide bonds. The van der Waals surface area contributed by atoms with E-state index in [-0.39, 0.29) is 11.3 Å². The zero-order valence-electron chi connectivity index (χ0n) is 18.8. The quantitative estimate of drug-likeness (QED) is 0.249. The summed E-state index contributed by atoms with van der Waals surface area (Å²) in [6, 6.07) is 0.781. The molecule has 6 heteroatoms. The SMILES string of the molecule is CCCCCCCCC(=O)NCC(C)(C)CC[Si](OCC)(OCC)OCC. The van der Waals surface area contributed by atoms with E-state index < -0.39 is 8.80 Å². The number of carbonyl (C=O) groups excluding carboxylic acids is 1. The average Bonchev–Trinajstić information content (AvgIpc) is 2.62. The third kappa shape index (κ3) is 13.4. The van der Waals surface area contributed by atoms with Crippen molar-refractivity contribution in [3.05, 3.63) is 0 Å². The van der Waals surface area contributed by atoms with Crippen molar-refractivity contribution in [2.45, 2.75) is 99.0 Å². The van der Waals surface area contributed by atoms with E-state index in [0.717, 1.165) is 25.3 Å². The number of rotatable bonds is 18. The van der Waals surface area contributed by atoms with Crippen molar-refractivity contribution >= 4 is 14.7 Å². The first-order valence-electron chi connectivity index (χ1n) is 11.0. The minimum Gasteiger partial charge on any atom is -0.374 e. The molecule has 0 spiro atoms. The smallest absolute Gasteiger partial charge is 0.374 e. The number of unbranched alkanes of at least 4 members (excludes halogenated alkanes) is 5. The molecule has 0 saturated heterocycles. The second-order valence-electron chi connectivity index (χ2n) is 7.94. The van der Waals surface area contributed by atoms with Crippen LogP contribution in [0.3, 0.4) is 0 Å². The lowest BCUT2D eigenvalue weighted by molar-refractivity contribution is -0.121. The van der Waals surface area contributed by atoms with Crippen molar-refractivity contribution in [1.82, 2.24) is 5.32 Å². The Balaban J connectivity index is 4.27. The van der Waals surface area contributed by atoms with E-state index in [2.05, 4.69) is 26.1 Å². The molecule has 0 atom stereocenters. The molecule has 5 nitrogen and oxygen atoms in total. The average molecular weight is 404 g/mol. The monoisotopic (exact) mass is 403 g/mol. The fraction of sp³-hybridized carbons (Fsp3) is 0.952. The Labute approximate surface area is 169 Å². The summed E-state index contributed by atoms with van der Waals surface area (Å²) in [5.41, 5.74) is -0.0136. The first kappa shape index (κ1) is 26.6. The molecule has 0 radical (unpaired) electrons.